The van der Waals surface area contributed by atoms with E-state index in [2.05, 4.69) is 10.1 Å². The van der Waals surface area contributed by atoms with Crippen molar-refractivity contribution in [2.24, 2.45) is 0 Å². The van der Waals surface area contributed by atoms with Gasteiger partial charge in [0.1, 0.15) is 6.61 Å². The molecule has 0 aromatic heterocycles. The lowest BCUT2D eigenvalue weighted by Gasteiger charge is -2.13. The monoisotopic (exact) mass is 279 g/mol. The predicted octanol–water partition coefficient (Wildman–Crippen LogP) is 2.33. The maximum Gasteiger partial charge on any atom is 0.411 e. The first-order valence-electron chi connectivity index (χ1n) is 5.55. The molecule has 7 heteroatoms. The van der Waals surface area contributed by atoms with Crippen molar-refractivity contribution in [2.75, 3.05) is 27.6 Å². The molecule has 0 fully saturated rings. The third-order valence-electron chi connectivity index (χ3n) is 2.17. The number of halogens is 3. The zero-order chi connectivity index (χ0) is 14.3. The molecule has 1 aromatic carbocycles. The van der Waals surface area contributed by atoms with Gasteiger partial charge in [0, 0.05) is 6.54 Å². The highest BCUT2D eigenvalue weighted by Gasteiger charge is 2.27. The molecular weight excluding hydrogens is 263 g/mol. The van der Waals surface area contributed by atoms with Crippen LogP contribution in [0.3, 0.4) is 0 Å². The highest BCUT2D eigenvalue weighted by Crippen LogP contribution is 2.28. The summed E-state index contributed by atoms with van der Waals surface area (Å²) >= 11 is 0. The van der Waals surface area contributed by atoms with E-state index in [1.807, 2.05) is 7.05 Å². The zero-order valence-electron chi connectivity index (χ0n) is 10.7. The van der Waals surface area contributed by atoms with Crippen LogP contribution in [0.4, 0.5) is 13.2 Å². The molecule has 0 bridgehead atoms. The van der Waals surface area contributed by atoms with Crippen LogP contribution in [-0.2, 0) is 11.3 Å². The first kappa shape index (κ1) is 15.6. The van der Waals surface area contributed by atoms with E-state index >= 15 is 0 Å². The van der Waals surface area contributed by atoms with Gasteiger partial charge in [-0.15, -0.1) is 0 Å². The van der Waals surface area contributed by atoms with Crippen LogP contribution in [0.5, 0.6) is 11.5 Å². The quantitative estimate of drug-likeness (QED) is 0.614. The van der Waals surface area contributed by atoms with Crippen molar-refractivity contribution >= 4 is 0 Å². The van der Waals surface area contributed by atoms with Gasteiger partial charge in [-0.2, -0.15) is 13.2 Å². The Kier molecular flexibility index (Phi) is 5.91. The Balaban J connectivity index is 2.53. The summed E-state index contributed by atoms with van der Waals surface area (Å²) in [4.78, 5) is 0. The molecule has 0 heterocycles. The third-order valence-corrected chi connectivity index (χ3v) is 2.17. The van der Waals surface area contributed by atoms with E-state index in [4.69, 9.17) is 9.47 Å². The third kappa shape index (κ3) is 5.80. The molecule has 0 amide bonds. The maximum absolute atomic E-state index is 11.9. The van der Waals surface area contributed by atoms with E-state index in [1.165, 1.54) is 7.11 Å². The van der Waals surface area contributed by atoms with Crippen molar-refractivity contribution in [3.8, 4) is 11.5 Å². The van der Waals surface area contributed by atoms with Crippen molar-refractivity contribution in [3.63, 3.8) is 0 Å². The van der Waals surface area contributed by atoms with Crippen molar-refractivity contribution in [1.82, 2.24) is 5.32 Å². The molecule has 0 aliphatic heterocycles. The van der Waals surface area contributed by atoms with Crippen LogP contribution in [0.15, 0.2) is 18.2 Å². The molecule has 0 spiro atoms. The Morgan fingerprint density at radius 3 is 2.53 bits per heavy atom. The number of methoxy groups -OCH3 is 1. The van der Waals surface area contributed by atoms with Gasteiger partial charge in [-0.25, -0.2) is 0 Å². The minimum absolute atomic E-state index is 0.338. The van der Waals surface area contributed by atoms with Crippen LogP contribution in [0.1, 0.15) is 5.56 Å². The largest absolute Gasteiger partial charge is 0.493 e. The van der Waals surface area contributed by atoms with E-state index in [1.54, 1.807) is 18.2 Å². The second-order valence-electron chi connectivity index (χ2n) is 3.74. The number of hydrogen-bond donors (Lipinski definition) is 1. The van der Waals surface area contributed by atoms with Crippen LogP contribution in [-0.4, -0.2) is 33.7 Å². The SMILES string of the molecule is CNCc1ccc(OCOCC(F)(F)F)c(OC)c1. The highest BCUT2D eigenvalue weighted by molar-refractivity contribution is 5.42. The molecule has 0 aliphatic rings. The number of ether oxygens (including phenoxy) is 3. The lowest BCUT2D eigenvalue weighted by molar-refractivity contribution is -0.186. The highest BCUT2D eigenvalue weighted by atomic mass is 19.4. The Labute approximate surface area is 109 Å². The summed E-state index contributed by atoms with van der Waals surface area (Å²) in [5, 5.41) is 2.98. The van der Waals surface area contributed by atoms with Crippen LogP contribution in [0.2, 0.25) is 0 Å². The first-order valence-corrected chi connectivity index (χ1v) is 5.55. The van der Waals surface area contributed by atoms with Crippen molar-refractivity contribution in [3.05, 3.63) is 23.8 Å². The Bertz CT molecular complexity index is 396. The molecule has 1 N–H and O–H groups in total. The second kappa shape index (κ2) is 7.20. The van der Waals surface area contributed by atoms with Crippen molar-refractivity contribution < 1.29 is 27.4 Å². The fourth-order valence-electron chi connectivity index (χ4n) is 1.41. The summed E-state index contributed by atoms with van der Waals surface area (Å²) in [6.07, 6.45) is -4.36. The van der Waals surface area contributed by atoms with Crippen molar-refractivity contribution in [2.45, 2.75) is 12.7 Å². The van der Waals surface area contributed by atoms with E-state index in [9.17, 15) is 13.2 Å². The molecule has 0 saturated heterocycles. The Morgan fingerprint density at radius 1 is 1.21 bits per heavy atom. The zero-order valence-corrected chi connectivity index (χ0v) is 10.7. The van der Waals surface area contributed by atoms with Crippen LogP contribution >= 0.6 is 0 Å². The normalized spacial score (nSPS) is 11.4. The number of rotatable bonds is 7. The lowest BCUT2D eigenvalue weighted by atomic mass is 10.2. The molecule has 4 nitrogen and oxygen atoms in total. The minimum atomic E-state index is -4.36. The molecule has 0 aliphatic carbocycles. The van der Waals surface area contributed by atoms with E-state index < -0.39 is 19.6 Å². The van der Waals surface area contributed by atoms with Gasteiger partial charge >= 0.3 is 6.18 Å². The summed E-state index contributed by atoms with van der Waals surface area (Å²) in [5.41, 5.74) is 0.975. The molecule has 0 radical (unpaired) electrons. The fourth-order valence-corrected chi connectivity index (χ4v) is 1.41. The van der Waals surface area contributed by atoms with Gasteiger partial charge in [0.2, 0.25) is 0 Å². The number of hydrogen-bond acceptors (Lipinski definition) is 4. The number of benzene rings is 1. The predicted molar refractivity (Wildman–Crippen MR) is 63.3 cm³/mol. The number of alkyl halides is 3. The van der Waals surface area contributed by atoms with Crippen LogP contribution in [0.25, 0.3) is 0 Å². The van der Waals surface area contributed by atoms with Gasteiger partial charge < -0.3 is 19.5 Å². The van der Waals surface area contributed by atoms with Gasteiger partial charge in [0.05, 0.1) is 7.11 Å². The first-order chi connectivity index (χ1) is 8.96. The molecule has 1 aromatic rings. The topological polar surface area (TPSA) is 39.7 Å². The molecule has 108 valence electrons. The maximum atomic E-state index is 11.9. The van der Waals surface area contributed by atoms with E-state index in [0.29, 0.717) is 18.0 Å². The molecule has 1 rings (SSSR count). The van der Waals surface area contributed by atoms with Gasteiger partial charge in [-0.1, -0.05) is 6.07 Å². The summed E-state index contributed by atoms with van der Waals surface area (Å²) in [7, 11) is 3.27. The van der Waals surface area contributed by atoms with Gasteiger partial charge in [0.15, 0.2) is 18.3 Å². The standard InChI is InChI=1S/C12H16F3NO3/c1-16-6-9-3-4-10(11(5-9)17-2)19-8-18-7-12(13,14)15/h3-5,16H,6-8H2,1-2H3. The van der Waals surface area contributed by atoms with Gasteiger partial charge in [-0.05, 0) is 24.7 Å². The number of nitrogens with one attached hydrogen (secondary N) is 1. The summed E-state index contributed by atoms with van der Waals surface area (Å²) in [5.74, 6) is 0.785. The molecule has 0 saturated carbocycles. The van der Waals surface area contributed by atoms with Gasteiger partial charge in [0.25, 0.3) is 0 Å². The minimum Gasteiger partial charge on any atom is -0.493 e. The summed E-state index contributed by atoms with van der Waals surface area (Å²) in [6.45, 7) is -1.17. The average Bonchev–Trinajstić information content (AvgIpc) is 2.35. The molecule has 0 atom stereocenters. The summed E-state index contributed by atoms with van der Waals surface area (Å²) in [6, 6.07) is 5.16. The van der Waals surface area contributed by atoms with Crippen LogP contribution < -0.4 is 14.8 Å². The van der Waals surface area contributed by atoms with Crippen LogP contribution in [0, 0.1) is 0 Å². The van der Waals surface area contributed by atoms with E-state index in [-0.39, 0.29) is 0 Å². The van der Waals surface area contributed by atoms with E-state index in [0.717, 1.165) is 5.56 Å². The summed E-state index contributed by atoms with van der Waals surface area (Å²) < 4.78 is 50.1. The Hall–Kier alpha value is -1.47. The van der Waals surface area contributed by atoms with Crippen molar-refractivity contribution in [1.29, 1.82) is 0 Å². The second-order valence-corrected chi connectivity index (χ2v) is 3.74. The molecular formula is C12H16F3NO3. The fraction of sp³-hybridized carbons (Fsp3) is 0.500. The Morgan fingerprint density at radius 2 is 1.95 bits per heavy atom. The molecule has 0 unspecified atom stereocenters. The van der Waals surface area contributed by atoms with Gasteiger partial charge in [-0.3, -0.25) is 0 Å². The smallest absolute Gasteiger partial charge is 0.411 e. The average molecular weight is 279 g/mol. The lowest BCUT2D eigenvalue weighted by Crippen LogP contribution is -2.19. The molecule has 19 heavy (non-hydrogen) atoms.